The molecule has 1 aliphatic heterocycles. The third kappa shape index (κ3) is 7.65. The summed E-state index contributed by atoms with van der Waals surface area (Å²) >= 11 is 0. The summed E-state index contributed by atoms with van der Waals surface area (Å²) in [5.41, 5.74) is 2.41. The molecular formula is C20H33IN4O2. The van der Waals surface area contributed by atoms with Crippen molar-refractivity contribution in [3.8, 4) is 0 Å². The first kappa shape index (κ1) is 23.7. The molecule has 7 heteroatoms. The van der Waals surface area contributed by atoms with E-state index < -0.39 is 0 Å². The van der Waals surface area contributed by atoms with Crippen LogP contribution in [0.4, 0.5) is 0 Å². The van der Waals surface area contributed by atoms with Crippen LogP contribution < -0.4 is 10.6 Å². The van der Waals surface area contributed by atoms with E-state index in [1.807, 2.05) is 24.0 Å². The van der Waals surface area contributed by atoms with E-state index in [4.69, 9.17) is 4.74 Å². The summed E-state index contributed by atoms with van der Waals surface area (Å²) in [6, 6.07) is 8.55. The molecule has 1 amide bonds. The molecule has 0 aromatic heterocycles. The van der Waals surface area contributed by atoms with Gasteiger partial charge in [-0.05, 0) is 24.0 Å². The average molecular weight is 488 g/mol. The number of nitrogens with one attached hydrogen (secondary N) is 2. The molecule has 0 aliphatic carbocycles. The molecule has 1 aromatic carbocycles. The Morgan fingerprint density at radius 1 is 1.30 bits per heavy atom. The normalized spacial score (nSPS) is 16.8. The number of amides is 1. The van der Waals surface area contributed by atoms with Crippen LogP contribution in [-0.4, -0.2) is 49.6 Å². The molecule has 1 fully saturated rings. The average Bonchev–Trinajstić information content (AvgIpc) is 3.14. The number of ether oxygens (including phenoxy) is 1. The fraction of sp³-hybridized carbons (Fsp3) is 0.600. The second-order valence-electron chi connectivity index (χ2n) is 6.57. The van der Waals surface area contributed by atoms with Gasteiger partial charge in [-0.1, -0.05) is 38.1 Å². The lowest BCUT2D eigenvalue weighted by Gasteiger charge is -2.19. The molecule has 2 rings (SSSR count). The zero-order valence-corrected chi connectivity index (χ0v) is 19.0. The molecule has 1 saturated heterocycles. The van der Waals surface area contributed by atoms with Crippen molar-refractivity contribution in [1.29, 1.82) is 0 Å². The van der Waals surface area contributed by atoms with Crippen molar-refractivity contribution >= 4 is 35.8 Å². The van der Waals surface area contributed by atoms with Gasteiger partial charge in [-0.25, -0.2) is 0 Å². The molecule has 0 radical (unpaired) electrons. The molecule has 0 saturated carbocycles. The number of halogens is 1. The Bertz CT molecular complexity index is 609. The standard InChI is InChI=1S/C20H32N4O2.HI/c1-4-12-26-15-17-9-7-6-8-16(17)13-22-20(21-3)23-18-10-11-24(14-18)19(25)5-2;/h6-9,18H,4-5,10-15H2,1-3H3,(H2,21,22,23);1H. The molecule has 1 unspecified atom stereocenters. The number of aliphatic imine (C=N–C) groups is 1. The molecule has 152 valence electrons. The second kappa shape index (κ2) is 12.9. The zero-order chi connectivity index (χ0) is 18.8. The lowest BCUT2D eigenvalue weighted by atomic mass is 10.1. The number of likely N-dealkylation sites (tertiary alicyclic amines) is 1. The van der Waals surface area contributed by atoms with Gasteiger partial charge in [0.25, 0.3) is 0 Å². The smallest absolute Gasteiger partial charge is 0.222 e. The minimum atomic E-state index is 0. The second-order valence-corrected chi connectivity index (χ2v) is 6.57. The first-order chi connectivity index (χ1) is 12.7. The fourth-order valence-corrected chi connectivity index (χ4v) is 3.09. The van der Waals surface area contributed by atoms with E-state index in [9.17, 15) is 4.79 Å². The SMILES string of the molecule is CCCOCc1ccccc1CNC(=NC)NC1CCN(C(=O)CC)C1.I. The number of hydrogen-bond donors (Lipinski definition) is 2. The topological polar surface area (TPSA) is 66.0 Å². The Balaban J connectivity index is 0.00000364. The van der Waals surface area contributed by atoms with Crippen LogP contribution in [0.25, 0.3) is 0 Å². The van der Waals surface area contributed by atoms with Crippen molar-refractivity contribution in [2.45, 2.75) is 52.3 Å². The number of rotatable bonds is 8. The Hall–Kier alpha value is -1.35. The predicted molar refractivity (Wildman–Crippen MR) is 120 cm³/mol. The van der Waals surface area contributed by atoms with Gasteiger partial charge in [-0.2, -0.15) is 0 Å². The lowest BCUT2D eigenvalue weighted by Crippen LogP contribution is -2.44. The van der Waals surface area contributed by atoms with Gasteiger partial charge in [-0.3, -0.25) is 9.79 Å². The van der Waals surface area contributed by atoms with E-state index in [2.05, 4.69) is 34.7 Å². The molecule has 0 bridgehead atoms. The number of benzene rings is 1. The summed E-state index contributed by atoms with van der Waals surface area (Å²) in [5.74, 6) is 0.989. The van der Waals surface area contributed by atoms with Crippen molar-refractivity contribution in [3.05, 3.63) is 35.4 Å². The van der Waals surface area contributed by atoms with Crippen molar-refractivity contribution in [2.24, 2.45) is 4.99 Å². The largest absolute Gasteiger partial charge is 0.377 e. The number of guanidine groups is 1. The molecule has 1 heterocycles. The van der Waals surface area contributed by atoms with Crippen LogP contribution in [0.3, 0.4) is 0 Å². The highest BCUT2D eigenvalue weighted by molar-refractivity contribution is 14.0. The van der Waals surface area contributed by atoms with Gasteiger partial charge in [0, 0.05) is 45.8 Å². The van der Waals surface area contributed by atoms with E-state index >= 15 is 0 Å². The summed E-state index contributed by atoms with van der Waals surface area (Å²) in [4.78, 5) is 18.1. The highest BCUT2D eigenvalue weighted by atomic mass is 127. The molecule has 1 aliphatic rings. The van der Waals surface area contributed by atoms with Crippen molar-refractivity contribution in [2.75, 3.05) is 26.7 Å². The van der Waals surface area contributed by atoms with Gasteiger partial charge in [0.15, 0.2) is 5.96 Å². The van der Waals surface area contributed by atoms with Crippen LogP contribution in [0, 0.1) is 0 Å². The lowest BCUT2D eigenvalue weighted by molar-refractivity contribution is -0.129. The molecule has 1 aromatic rings. The fourth-order valence-electron chi connectivity index (χ4n) is 3.09. The van der Waals surface area contributed by atoms with E-state index in [-0.39, 0.29) is 35.9 Å². The highest BCUT2D eigenvalue weighted by Gasteiger charge is 2.25. The maximum atomic E-state index is 11.8. The van der Waals surface area contributed by atoms with Gasteiger partial charge >= 0.3 is 0 Å². The Kier molecular flexibility index (Phi) is 11.3. The van der Waals surface area contributed by atoms with Gasteiger partial charge in [0.05, 0.1) is 6.61 Å². The summed E-state index contributed by atoms with van der Waals surface area (Å²) in [5, 5.41) is 6.81. The Labute approximate surface area is 180 Å². The van der Waals surface area contributed by atoms with Crippen molar-refractivity contribution in [3.63, 3.8) is 0 Å². The third-order valence-electron chi connectivity index (χ3n) is 4.58. The molecule has 1 atom stereocenters. The van der Waals surface area contributed by atoms with Gasteiger partial charge in [0.1, 0.15) is 0 Å². The number of carbonyl (C=O) groups is 1. The summed E-state index contributed by atoms with van der Waals surface area (Å²) in [6.07, 6.45) is 2.54. The van der Waals surface area contributed by atoms with E-state index in [1.54, 1.807) is 7.05 Å². The van der Waals surface area contributed by atoms with Gasteiger partial charge in [-0.15, -0.1) is 24.0 Å². The van der Waals surface area contributed by atoms with Crippen LogP contribution in [-0.2, 0) is 22.7 Å². The highest BCUT2D eigenvalue weighted by Crippen LogP contribution is 2.12. The monoisotopic (exact) mass is 488 g/mol. The summed E-state index contributed by atoms with van der Waals surface area (Å²) < 4.78 is 5.68. The summed E-state index contributed by atoms with van der Waals surface area (Å²) in [7, 11) is 1.77. The minimum Gasteiger partial charge on any atom is -0.377 e. The Morgan fingerprint density at radius 3 is 2.70 bits per heavy atom. The Morgan fingerprint density at radius 2 is 2.04 bits per heavy atom. The maximum Gasteiger partial charge on any atom is 0.222 e. The molecule has 0 spiro atoms. The van der Waals surface area contributed by atoms with E-state index in [1.165, 1.54) is 11.1 Å². The molecular weight excluding hydrogens is 455 g/mol. The van der Waals surface area contributed by atoms with Crippen LogP contribution >= 0.6 is 24.0 Å². The zero-order valence-electron chi connectivity index (χ0n) is 16.7. The maximum absolute atomic E-state index is 11.8. The van der Waals surface area contributed by atoms with Crippen LogP contribution in [0.2, 0.25) is 0 Å². The minimum absolute atomic E-state index is 0. The molecule has 2 N–H and O–H groups in total. The first-order valence-corrected chi connectivity index (χ1v) is 9.57. The number of hydrogen-bond acceptors (Lipinski definition) is 3. The van der Waals surface area contributed by atoms with Gasteiger partial charge in [0.2, 0.25) is 5.91 Å². The van der Waals surface area contributed by atoms with Crippen LogP contribution in [0.1, 0.15) is 44.2 Å². The van der Waals surface area contributed by atoms with E-state index in [0.717, 1.165) is 38.5 Å². The summed E-state index contributed by atoms with van der Waals surface area (Å²) in [6.45, 7) is 7.68. The van der Waals surface area contributed by atoms with E-state index in [0.29, 0.717) is 19.6 Å². The quantitative estimate of drug-likeness (QED) is 0.256. The first-order valence-electron chi connectivity index (χ1n) is 9.57. The van der Waals surface area contributed by atoms with Crippen molar-refractivity contribution < 1.29 is 9.53 Å². The number of nitrogens with zero attached hydrogens (tertiary/aromatic N) is 2. The third-order valence-corrected chi connectivity index (χ3v) is 4.58. The predicted octanol–water partition coefficient (Wildman–Crippen LogP) is 2.91. The molecule has 27 heavy (non-hydrogen) atoms. The van der Waals surface area contributed by atoms with Crippen molar-refractivity contribution in [1.82, 2.24) is 15.5 Å². The van der Waals surface area contributed by atoms with Crippen LogP contribution in [0.5, 0.6) is 0 Å². The number of carbonyl (C=O) groups excluding carboxylic acids is 1. The van der Waals surface area contributed by atoms with Crippen LogP contribution in [0.15, 0.2) is 29.3 Å². The van der Waals surface area contributed by atoms with Gasteiger partial charge < -0.3 is 20.3 Å². The molecule has 6 nitrogen and oxygen atoms in total.